The Balaban J connectivity index is 1.86. The van der Waals surface area contributed by atoms with E-state index in [9.17, 15) is 25.0 Å². The number of anilines is 1. The highest BCUT2D eigenvalue weighted by Gasteiger charge is 2.22. The third-order valence-corrected chi connectivity index (χ3v) is 4.73. The largest absolute Gasteiger partial charge is 0.301 e. The van der Waals surface area contributed by atoms with Gasteiger partial charge in [-0.3, -0.25) is 30.3 Å². The number of nitrogens with one attached hydrogen (secondary N) is 1. The molecule has 2 heterocycles. The van der Waals surface area contributed by atoms with Crippen molar-refractivity contribution >= 4 is 33.8 Å². The number of amides is 1. The summed E-state index contributed by atoms with van der Waals surface area (Å²) in [6.07, 6.45) is 0.778. The summed E-state index contributed by atoms with van der Waals surface area (Å²) in [5.41, 5.74) is -0.270. The fourth-order valence-electron chi connectivity index (χ4n) is 2.48. The second kappa shape index (κ2) is 6.53. The van der Waals surface area contributed by atoms with Gasteiger partial charge in [0.25, 0.3) is 17.3 Å². The van der Waals surface area contributed by atoms with Crippen LogP contribution >= 0.6 is 11.3 Å². The third kappa shape index (κ3) is 3.61. The molecule has 0 radical (unpaired) electrons. The molecule has 1 amide bonds. The summed E-state index contributed by atoms with van der Waals surface area (Å²) < 4.78 is 0. The number of nitro groups is 2. The highest BCUT2D eigenvalue weighted by atomic mass is 32.1. The van der Waals surface area contributed by atoms with Crippen molar-refractivity contribution < 1.29 is 14.6 Å². The average Bonchev–Trinajstić information content (AvgIpc) is 2.95. The van der Waals surface area contributed by atoms with Crippen LogP contribution in [-0.2, 0) is 13.0 Å². The lowest BCUT2D eigenvalue weighted by molar-refractivity contribution is -0.394. The summed E-state index contributed by atoms with van der Waals surface area (Å²) in [7, 11) is 1.99. The second-order valence-electron chi connectivity index (χ2n) is 5.58. The van der Waals surface area contributed by atoms with Gasteiger partial charge >= 0.3 is 0 Å². The predicted octanol–water partition coefficient (Wildman–Crippen LogP) is 2.20. The first kappa shape index (κ1) is 16.9. The number of fused-ring (bicyclic) bond motifs is 1. The molecule has 0 spiro atoms. The average molecular weight is 363 g/mol. The standard InChI is InChI=1S/C14H13N5O5S/c1-17-3-2-11-12(7-17)25-14(15-11)16-13(20)8-4-9(18(21)22)6-10(5-8)19(23)24/h4-6H,2-3,7H2,1H3,(H,15,16,20). The van der Waals surface area contributed by atoms with Crippen molar-refractivity contribution in [3.05, 3.63) is 54.6 Å². The minimum absolute atomic E-state index is 0.161. The van der Waals surface area contributed by atoms with E-state index in [0.29, 0.717) is 5.13 Å². The fraction of sp³-hybridized carbons (Fsp3) is 0.286. The van der Waals surface area contributed by atoms with E-state index in [1.807, 2.05) is 7.05 Å². The maximum absolute atomic E-state index is 12.3. The Labute approximate surface area is 145 Å². The number of hydrogen-bond donors (Lipinski definition) is 1. The molecule has 25 heavy (non-hydrogen) atoms. The zero-order chi connectivity index (χ0) is 18.1. The number of thiazole rings is 1. The molecule has 0 atom stereocenters. The Kier molecular flexibility index (Phi) is 4.42. The van der Waals surface area contributed by atoms with Crippen LogP contribution in [0.2, 0.25) is 0 Å². The van der Waals surface area contributed by atoms with Crippen LogP contribution in [0.15, 0.2) is 18.2 Å². The first-order chi connectivity index (χ1) is 11.8. The highest BCUT2D eigenvalue weighted by molar-refractivity contribution is 7.15. The molecule has 1 aromatic carbocycles. The molecule has 1 aliphatic heterocycles. The lowest BCUT2D eigenvalue weighted by atomic mass is 10.1. The summed E-state index contributed by atoms with van der Waals surface area (Å²) in [5.74, 6) is -0.675. The number of aromatic nitrogens is 1. The third-order valence-electron chi connectivity index (χ3n) is 3.73. The number of likely N-dealkylation sites (N-methyl/N-ethyl adjacent to an activating group) is 1. The lowest BCUT2D eigenvalue weighted by Gasteiger charge is -2.20. The minimum Gasteiger partial charge on any atom is -0.301 e. The Hall–Kier alpha value is -2.92. The van der Waals surface area contributed by atoms with Crippen molar-refractivity contribution in [1.82, 2.24) is 9.88 Å². The molecule has 0 fully saturated rings. The molecule has 2 aromatic rings. The number of non-ortho nitro benzene ring substituents is 2. The van der Waals surface area contributed by atoms with Gasteiger partial charge in [-0.05, 0) is 7.05 Å². The molecule has 1 N–H and O–H groups in total. The van der Waals surface area contributed by atoms with E-state index in [1.165, 1.54) is 11.3 Å². The van der Waals surface area contributed by atoms with E-state index in [-0.39, 0.29) is 5.56 Å². The maximum atomic E-state index is 12.3. The van der Waals surface area contributed by atoms with Gasteiger partial charge in [-0.25, -0.2) is 4.98 Å². The monoisotopic (exact) mass is 363 g/mol. The van der Waals surface area contributed by atoms with E-state index < -0.39 is 27.1 Å². The molecule has 1 aliphatic rings. The van der Waals surface area contributed by atoms with Crippen LogP contribution in [0.3, 0.4) is 0 Å². The van der Waals surface area contributed by atoms with Crippen molar-refractivity contribution in [2.75, 3.05) is 18.9 Å². The Morgan fingerprint density at radius 3 is 2.48 bits per heavy atom. The highest BCUT2D eigenvalue weighted by Crippen LogP contribution is 2.29. The zero-order valence-electron chi connectivity index (χ0n) is 13.1. The number of nitrogens with zero attached hydrogens (tertiary/aromatic N) is 4. The lowest BCUT2D eigenvalue weighted by Crippen LogP contribution is -2.25. The minimum atomic E-state index is -0.776. The van der Waals surface area contributed by atoms with Gasteiger partial charge in [0.2, 0.25) is 0 Å². The zero-order valence-corrected chi connectivity index (χ0v) is 13.9. The SMILES string of the molecule is CN1CCc2nc(NC(=O)c3cc([N+](=O)[O-])cc([N+](=O)[O-])c3)sc2C1. The molecule has 11 heteroatoms. The van der Waals surface area contributed by atoms with Gasteiger partial charge in [0, 0.05) is 36.5 Å². The smallest absolute Gasteiger partial charge is 0.277 e. The number of carbonyl (C=O) groups excluding carboxylic acids is 1. The number of benzene rings is 1. The summed E-state index contributed by atoms with van der Waals surface area (Å²) in [4.78, 5) is 40.1. The molecular formula is C14H13N5O5S. The number of rotatable bonds is 4. The van der Waals surface area contributed by atoms with E-state index in [1.54, 1.807) is 0 Å². The molecule has 10 nitrogen and oxygen atoms in total. The molecule has 0 unspecified atom stereocenters. The van der Waals surface area contributed by atoms with Crippen molar-refractivity contribution in [2.24, 2.45) is 0 Å². The quantitative estimate of drug-likeness (QED) is 0.650. The van der Waals surface area contributed by atoms with E-state index >= 15 is 0 Å². The molecule has 0 saturated heterocycles. The molecule has 0 aliphatic carbocycles. The molecular weight excluding hydrogens is 350 g/mol. The van der Waals surface area contributed by atoms with Crippen LogP contribution in [0.4, 0.5) is 16.5 Å². The number of hydrogen-bond acceptors (Lipinski definition) is 8. The Morgan fingerprint density at radius 1 is 1.24 bits per heavy atom. The number of nitro benzene ring substituents is 2. The first-order valence-corrected chi connectivity index (χ1v) is 8.07. The number of carbonyl (C=O) groups is 1. The first-order valence-electron chi connectivity index (χ1n) is 7.26. The molecule has 3 rings (SSSR count). The van der Waals surface area contributed by atoms with Gasteiger partial charge in [0.05, 0.1) is 27.2 Å². The van der Waals surface area contributed by atoms with Crippen molar-refractivity contribution in [2.45, 2.75) is 13.0 Å². The Morgan fingerprint density at radius 2 is 1.88 bits per heavy atom. The van der Waals surface area contributed by atoms with E-state index in [4.69, 9.17) is 0 Å². The van der Waals surface area contributed by atoms with Crippen LogP contribution in [-0.4, -0.2) is 39.2 Å². The maximum Gasteiger partial charge on any atom is 0.277 e. The van der Waals surface area contributed by atoms with Crippen LogP contribution < -0.4 is 5.32 Å². The summed E-state index contributed by atoms with van der Waals surface area (Å²) in [5, 5.41) is 24.8. The topological polar surface area (TPSA) is 132 Å². The van der Waals surface area contributed by atoms with Crippen LogP contribution in [0.25, 0.3) is 0 Å². The predicted molar refractivity (Wildman–Crippen MR) is 89.9 cm³/mol. The van der Waals surface area contributed by atoms with Crippen LogP contribution in [0, 0.1) is 20.2 Å². The van der Waals surface area contributed by atoms with E-state index in [0.717, 1.165) is 48.3 Å². The van der Waals surface area contributed by atoms with E-state index in [2.05, 4.69) is 15.2 Å². The van der Waals surface area contributed by atoms with Gasteiger partial charge in [0.1, 0.15) is 0 Å². The van der Waals surface area contributed by atoms with Crippen LogP contribution in [0.5, 0.6) is 0 Å². The summed E-state index contributed by atoms with van der Waals surface area (Å²) in [6, 6.07) is 2.82. The fourth-order valence-corrected chi connectivity index (χ4v) is 3.57. The van der Waals surface area contributed by atoms with Gasteiger partial charge in [-0.15, -0.1) is 11.3 Å². The van der Waals surface area contributed by atoms with Gasteiger partial charge < -0.3 is 4.90 Å². The van der Waals surface area contributed by atoms with Gasteiger partial charge in [-0.1, -0.05) is 0 Å². The second-order valence-corrected chi connectivity index (χ2v) is 6.67. The summed E-state index contributed by atoms with van der Waals surface area (Å²) >= 11 is 1.33. The normalized spacial score (nSPS) is 14.0. The van der Waals surface area contributed by atoms with Crippen molar-refractivity contribution in [3.8, 4) is 0 Å². The van der Waals surface area contributed by atoms with Gasteiger partial charge in [0.15, 0.2) is 5.13 Å². The molecule has 0 saturated carbocycles. The van der Waals surface area contributed by atoms with Crippen molar-refractivity contribution in [1.29, 1.82) is 0 Å². The summed E-state index contributed by atoms with van der Waals surface area (Å²) in [6.45, 7) is 1.62. The molecule has 130 valence electrons. The van der Waals surface area contributed by atoms with Crippen molar-refractivity contribution in [3.63, 3.8) is 0 Å². The van der Waals surface area contributed by atoms with Crippen LogP contribution in [0.1, 0.15) is 20.9 Å². The van der Waals surface area contributed by atoms with Gasteiger partial charge in [-0.2, -0.15) is 0 Å². The molecule has 1 aromatic heterocycles. The Bertz CT molecular complexity index is 848. The molecule has 0 bridgehead atoms.